The summed E-state index contributed by atoms with van der Waals surface area (Å²) in [5, 5.41) is 15.8. The van der Waals surface area contributed by atoms with Gasteiger partial charge >= 0.3 is 70.2 Å². The van der Waals surface area contributed by atoms with Gasteiger partial charge in [0.2, 0.25) is 0 Å². The van der Waals surface area contributed by atoms with E-state index in [-0.39, 0.29) is 95.1 Å². The number of halogens is 2. The van der Waals surface area contributed by atoms with Gasteiger partial charge in [0.15, 0.2) is 0 Å². The second-order valence-corrected chi connectivity index (χ2v) is 1.45. The van der Waals surface area contributed by atoms with E-state index in [1.807, 2.05) is 13.8 Å². The first-order chi connectivity index (χ1) is 3.83. The van der Waals surface area contributed by atoms with Gasteiger partial charge in [0, 0.05) is 13.2 Å². The molecule has 12 heavy (non-hydrogen) atoms. The summed E-state index contributed by atoms with van der Waals surface area (Å²) in [6, 6.07) is 0. The van der Waals surface area contributed by atoms with Gasteiger partial charge in [-0.1, -0.05) is 13.8 Å². The molecule has 0 aliphatic carbocycles. The van der Waals surface area contributed by atoms with E-state index >= 15 is 0 Å². The van der Waals surface area contributed by atoms with Crippen molar-refractivity contribution < 1.29 is 105 Å². The van der Waals surface area contributed by atoms with Gasteiger partial charge in [-0.05, 0) is 12.8 Å². The van der Waals surface area contributed by atoms with Crippen molar-refractivity contribution in [3.05, 3.63) is 0 Å². The first-order valence-electron chi connectivity index (χ1n) is 3.05. The first kappa shape index (κ1) is 36.4. The Morgan fingerprint density at radius 2 is 0.917 bits per heavy atom. The molecule has 0 bridgehead atoms. The Labute approximate surface area is 143 Å². The van der Waals surface area contributed by atoms with Crippen LogP contribution in [0.1, 0.15) is 26.7 Å². The molecule has 0 aliphatic rings. The monoisotopic (exact) mass is 236 g/mol. The summed E-state index contributed by atoms with van der Waals surface area (Å²) in [6.45, 7) is 4.50. The Bertz CT molecular complexity index is 31.5. The predicted octanol–water partition coefficient (Wildman–Crippen LogP) is -11.2. The molecule has 0 aromatic heterocycles. The fourth-order valence-electron chi connectivity index (χ4n) is 0. The summed E-state index contributed by atoms with van der Waals surface area (Å²) in [4.78, 5) is 0. The fourth-order valence-corrected chi connectivity index (χ4v) is 0. The average Bonchev–Trinajstić information content (AvgIpc) is 1.88. The van der Waals surface area contributed by atoms with E-state index in [2.05, 4.69) is 0 Å². The molecule has 0 radical (unpaired) electrons. The van der Waals surface area contributed by atoms with Crippen molar-refractivity contribution in [3.8, 4) is 0 Å². The maximum absolute atomic E-state index is 7.88. The van der Waals surface area contributed by atoms with E-state index in [0.29, 0.717) is 13.2 Å². The number of aliphatic hydroxyl groups excluding tert-OH is 2. The van der Waals surface area contributed by atoms with E-state index in [0.717, 1.165) is 12.8 Å². The Hall–Kier alpha value is 2.73. The van der Waals surface area contributed by atoms with Crippen molar-refractivity contribution >= 4 is 0 Å². The zero-order valence-corrected chi connectivity index (χ0v) is 13.1. The molecule has 0 unspecified atom stereocenters. The van der Waals surface area contributed by atoms with Crippen molar-refractivity contribution in [1.82, 2.24) is 0 Å². The van der Waals surface area contributed by atoms with Crippen LogP contribution in [-0.4, -0.2) is 23.4 Å². The molecular weight excluding hydrogens is 221 g/mol. The molecule has 0 saturated heterocycles. The second kappa shape index (κ2) is 49.1. The molecule has 6 heteroatoms. The molecule has 0 atom stereocenters. The molecular formula is C6H16Cl2KLiO2. The van der Waals surface area contributed by atoms with Crippen LogP contribution in [0.15, 0.2) is 0 Å². The van der Waals surface area contributed by atoms with E-state index in [1.165, 1.54) is 0 Å². The number of hydrogen-bond donors (Lipinski definition) is 2. The van der Waals surface area contributed by atoms with E-state index in [1.54, 1.807) is 0 Å². The SMILES string of the molecule is CCCO.CCCO.[Cl-].[Cl-].[K+].[Li+]. The largest absolute Gasteiger partial charge is 1.00 e. The Morgan fingerprint density at radius 3 is 0.917 bits per heavy atom. The van der Waals surface area contributed by atoms with Gasteiger partial charge in [0.1, 0.15) is 0 Å². The summed E-state index contributed by atoms with van der Waals surface area (Å²) in [5.41, 5.74) is 0. The summed E-state index contributed by atoms with van der Waals surface area (Å²) < 4.78 is 0. The van der Waals surface area contributed by atoms with Gasteiger partial charge in [-0.2, -0.15) is 0 Å². The van der Waals surface area contributed by atoms with Crippen molar-refractivity contribution in [2.75, 3.05) is 13.2 Å². The molecule has 0 fully saturated rings. The normalized spacial score (nSPS) is 5.00. The van der Waals surface area contributed by atoms with Gasteiger partial charge in [-0.15, -0.1) is 0 Å². The standard InChI is InChI=1S/2C3H8O.2ClH.K.Li/c2*1-2-3-4;;;;/h2*4H,2-3H2,1H3;2*1H;;/q;;;;2*+1/p-2. The molecule has 68 valence electrons. The fraction of sp³-hybridized carbons (Fsp3) is 1.00. The molecule has 0 heterocycles. The summed E-state index contributed by atoms with van der Waals surface area (Å²) in [7, 11) is 0. The first-order valence-corrected chi connectivity index (χ1v) is 3.05. The van der Waals surface area contributed by atoms with Crippen LogP contribution in [0.3, 0.4) is 0 Å². The predicted molar refractivity (Wildman–Crippen MR) is 34.8 cm³/mol. The topological polar surface area (TPSA) is 40.5 Å². The molecule has 0 amide bonds. The third kappa shape index (κ3) is 78.2. The van der Waals surface area contributed by atoms with E-state index < -0.39 is 0 Å². The van der Waals surface area contributed by atoms with Crippen molar-refractivity contribution in [2.45, 2.75) is 26.7 Å². The summed E-state index contributed by atoms with van der Waals surface area (Å²) in [6.07, 6.45) is 1.75. The summed E-state index contributed by atoms with van der Waals surface area (Å²) in [5.74, 6) is 0. The van der Waals surface area contributed by atoms with Gasteiger partial charge in [-0.3, -0.25) is 0 Å². The third-order valence-corrected chi connectivity index (χ3v) is 0.447. The molecule has 0 rings (SSSR count). The van der Waals surface area contributed by atoms with Gasteiger partial charge in [-0.25, -0.2) is 0 Å². The van der Waals surface area contributed by atoms with Gasteiger partial charge in [0.05, 0.1) is 0 Å². The van der Waals surface area contributed by atoms with Crippen molar-refractivity contribution in [3.63, 3.8) is 0 Å². The van der Waals surface area contributed by atoms with Crippen LogP contribution in [0, 0.1) is 0 Å². The smallest absolute Gasteiger partial charge is 1.00 e. The van der Waals surface area contributed by atoms with Crippen LogP contribution >= 0.6 is 0 Å². The minimum absolute atomic E-state index is 0. The third-order valence-electron chi connectivity index (χ3n) is 0.447. The van der Waals surface area contributed by atoms with Crippen LogP contribution < -0.4 is 95.1 Å². The minimum atomic E-state index is 0. The van der Waals surface area contributed by atoms with E-state index in [4.69, 9.17) is 10.2 Å². The van der Waals surface area contributed by atoms with Gasteiger partial charge in [0.25, 0.3) is 0 Å². The molecule has 2 nitrogen and oxygen atoms in total. The zero-order valence-electron chi connectivity index (χ0n) is 8.48. The van der Waals surface area contributed by atoms with Crippen LogP contribution in [0.4, 0.5) is 0 Å². The number of aliphatic hydroxyl groups is 2. The number of rotatable bonds is 2. The quantitative estimate of drug-likeness (QED) is 0.468. The minimum Gasteiger partial charge on any atom is -1.00 e. The molecule has 0 aliphatic heterocycles. The Balaban J connectivity index is -0.0000000112. The van der Waals surface area contributed by atoms with Crippen LogP contribution in [0.5, 0.6) is 0 Å². The van der Waals surface area contributed by atoms with E-state index in [9.17, 15) is 0 Å². The second-order valence-electron chi connectivity index (χ2n) is 1.45. The van der Waals surface area contributed by atoms with Crippen LogP contribution in [0.2, 0.25) is 0 Å². The zero-order chi connectivity index (χ0) is 6.83. The molecule has 0 spiro atoms. The molecule has 0 aromatic carbocycles. The average molecular weight is 237 g/mol. The Morgan fingerprint density at radius 1 is 0.833 bits per heavy atom. The van der Waals surface area contributed by atoms with Crippen LogP contribution in [-0.2, 0) is 0 Å². The Kier molecular flexibility index (Phi) is 149. The summed E-state index contributed by atoms with van der Waals surface area (Å²) >= 11 is 0. The number of hydrogen-bond acceptors (Lipinski definition) is 2. The molecule has 0 aromatic rings. The van der Waals surface area contributed by atoms with Crippen molar-refractivity contribution in [2.24, 2.45) is 0 Å². The molecule has 2 N–H and O–H groups in total. The van der Waals surface area contributed by atoms with Crippen molar-refractivity contribution in [1.29, 1.82) is 0 Å². The van der Waals surface area contributed by atoms with Gasteiger partial charge < -0.3 is 35.0 Å². The van der Waals surface area contributed by atoms with Crippen LogP contribution in [0.25, 0.3) is 0 Å². The maximum atomic E-state index is 7.88. The maximum Gasteiger partial charge on any atom is 1.00 e. The molecule has 0 saturated carbocycles.